The lowest BCUT2D eigenvalue weighted by Gasteiger charge is -2.36. The van der Waals surface area contributed by atoms with Crippen LogP contribution in [-0.4, -0.2) is 86.0 Å². The van der Waals surface area contributed by atoms with Crippen LogP contribution in [-0.2, 0) is 11.2 Å². The summed E-state index contributed by atoms with van der Waals surface area (Å²) >= 11 is 6.02. The second kappa shape index (κ2) is 10.1. The van der Waals surface area contributed by atoms with Crippen molar-refractivity contribution in [3.63, 3.8) is 0 Å². The molecule has 1 amide bonds. The molecule has 1 N–H and O–H groups in total. The first-order valence-corrected chi connectivity index (χ1v) is 10.7. The smallest absolute Gasteiger partial charge is 0.227 e. The second-order valence-corrected chi connectivity index (χ2v) is 8.09. The lowest BCUT2D eigenvalue weighted by molar-refractivity contribution is -0.131. The first-order chi connectivity index (χ1) is 13.6. The van der Waals surface area contributed by atoms with Crippen molar-refractivity contribution >= 4 is 23.5 Å². The Morgan fingerprint density at radius 3 is 2.61 bits per heavy atom. The van der Waals surface area contributed by atoms with Crippen LogP contribution in [0.5, 0.6) is 0 Å². The molecule has 154 valence electrons. The number of carbonyl (C=O) groups excluding carboxylic acids is 1. The van der Waals surface area contributed by atoms with E-state index < -0.39 is 0 Å². The Bertz CT molecular complexity index is 687. The van der Waals surface area contributed by atoms with Gasteiger partial charge >= 0.3 is 0 Å². The SMILES string of the molecule is CCN1CCC(CNC(=NC)N2CCN(C(=O)Cc3cccc(Cl)c3)CC2)C1. The first kappa shape index (κ1) is 20.9. The molecule has 1 atom stereocenters. The zero-order chi connectivity index (χ0) is 19.9. The van der Waals surface area contributed by atoms with Crippen LogP contribution in [0.2, 0.25) is 5.02 Å². The zero-order valence-corrected chi connectivity index (χ0v) is 17.8. The number of nitrogens with zero attached hydrogens (tertiary/aromatic N) is 4. The fourth-order valence-electron chi connectivity index (χ4n) is 4.04. The van der Waals surface area contributed by atoms with Gasteiger partial charge in [0.05, 0.1) is 6.42 Å². The molecule has 2 fully saturated rings. The van der Waals surface area contributed by atoms with E-state index in [-0.39, 0.29) is 5.91 Å². The summed E-state index contributed by atoms with van der Waals surface area (Å²) in [7, 11) is 1.84. The van der Waals surface area contributed by atoms with Crippen LogP contribution < -0.4 is 5.32 Å². The third-order valence-electron chi connectivity index (χ3n) is 5.75. The number of likely N-dealkylation sites (tertiary alicyclic amines) is 1. The van der Waals surface area contributed by atoms with Gasteiger partial charge in [0, 0.05) is 51.3 Å². The zero-order valence-electron chi connectivity index (χ0n) is 17.0. The van der Waals surface area contributed by atoms with Crippen molar-refractivity contribution in [3.8, 4) is 0 Å². The average molecular weight is 406 g/mol. The summed E-state index contributed by atoms with van der Waals surface area (Å²) in [5, 5.41) is 4.22. The topological polar surface area (TPSA) is 51.2 Å². The molecule has 1 unspecified atom stereocenters. The Kier molecular flexibility index (Phi) is 7.57. The van der Waals surface area contributed by atoms with E-state index in [1.807, 2.05) is 36.2 Å². The molecule has 0 aromatic heterocycles. The quantitative estimate of drug-likeness (QED) is 0.601. The largest absolute Gasteiger partial charge is 0.356 e. The Morgan fingerprint density at radius 2 is 1.96 bits per heavy atom. The van der Waals surface area contributed by atoms with Crippen LogP contribution in [0.3, 0.4) is 0 Å². The molecule has 0 aliphatic carbocycles. The summed E-state index contributed by atoms with van der Waals surface area (Å²) in [6.45, 7) is 9.79. The number of carbonyl (C=O) groups is 1. The molecule has 28 heavy (non-hydrogen) atoms. The summed E-state index contributed by atoms with van der Waals surface area (Å²) in [4.78, 5) is 23.8. The van der Waals surface area contributed by atoms with E-state index in [4.69, 9.17) is 11.6 Å². The Balaban J connectivity index is 1.43. The number of rotatable bonds is 5. The van der Waals surface area contributed by atoms with Gasteiger partial charge in [0.25, 0.3) is 0 Å². The highest BCUT2D eigenvalue weighted by Crippen LogP contribution is 2.15. The van der Waals surface area contributed by atoms with Gasteiger partial charge in [-0.15, -0.1) is 0 Å². The monoisotopic (exact) mass is 405 g/mol. The number of guanidine groups is 1. The van der Waals surface area contributed by atoms with E-state index in [1.165, 1.54) is 19.5 Å². The predicted molar refractivity (Wildman–Crippen MR) is 115 cm³/mol. The Hall–Kier alpha value is -1.79. The minimum atomic E-state index is 0.162. The van der Waals surface area contributed by atoms with Crippen LogP contribution in [0.1, 0.15) is 18.9 Å². The predicted octanol–water partition coefficient (Wildman–Crippen LogP) is 1.94. The van der Waals surface area contributed by atoms with Crippen molar-refractivity contribution < 1.29 is 4.79 Å². The van der Waals surface area contributed by atoms with Crippen molar-refractivity contribution in [1.82, 2.24) is 20.0 Å². The average Bonchev–Trinajstić information content (AvgIpc) is 3.17. The molecular formula is C21H32ClN5O. The lowest BCUT2D eigenvalue weighted by atomic mass is 10.1. The fraction of sp³-hybridized carbons (Fsp3) is 0.619. The Morgan fingerprint density at radius 1 is 1.21 bits per heavy atom. The maximum atomic E-state index is 12.6. The minimum Gasteiger partial charge on any atom is -0.356 e. The molecule has 0 saturated carbocycles. The maximum Gasteiger partial charge on any atom is 0.227 e. The van der Waals surface area contributed by atoms with Gasteiger partial charge in [-0.2, -0.15) is 0 Å². The van der Waals surface area contributed by atoms with E-state index in [9.17, 15) is 4.79 Å². The molecule has 3 rings (SSSR count). The van der Waals surface area contributed by atoms with Gasteiger partial charge in [-0.25, -0.2) is 0 Å². The van der Waals surface area contributed by atoms with Gasteiger partial charge in [0.1, 0.15) is 0 Å². The Labute approximate surface area is 173 Å². The van der Waals surface area contributed by atoms with Gasteiger partial charge in [0.2, 0.25) is 5.91 Å². The van der Waals surface area contributed by atoms with Crippen LogP contribution >= 0.6 is 11.6 Å². The lowest BCUT2D eigenvalue weighted by Crippen LogP contribution is -2.54. The number of hydrogen-bond donors (Lipinski definition) is 1. The number of halogens is 1. The molecule has 2 heterocycles. The molecule has 7 heteroatoms. The van der Waals surface area contributed by atoms with Crippen LogP contribution in [0.25, 0.3) is 0 Å². The van der Waals surface area contributed by atoms with Crippen LogP contribution in [0.15, 0.2) is 29.3 Å². The first-order valence-electron chi connectivity index (χ1n) is 10.3. The summed E-state index contributed by atoms with van der Waals surface area (Å²) in [5.41, 5.74) is 0.968. The van der Waals surface area contributed by atoms with Gasteiger partial charge in [0.15, 0.2) is 5.96 Å². The third-order valence-corrected chi connectivity index (χ3v) is 5.99. The van der Waals surface area contributed by atoms with Gasteiger partial charge in [-0.3, -0.25) is 9.79 Å². The van der Waals surface area contributed by atoms with E-state index in [2.05, 4.69) is 27.0 Å². The highest BCUT2D eigenvalue weighted by Gasteiger charge is 2.25. The third kappa shape index (κ3) is 5.61. The highest BCUT2D eigenvalue weighted by atomic mass is 35.5. The highest BCUT2D eigenvalue weighted by molar-refractivity contribution is 6.30. The van der Waals surface area contributed by atoms with Gasteiger partial charge in [-0.1, -0.05) is 30.7 Å². The molecule has 1 aromatic carbocycles. The summed E-state index contributed by atoms with van der Waals surface area (Å²) in [6, 6.07) is 7.54. The van der Waals surface area contributed by atoms with E-state index in [1.54, 1.807) is 0 Å². The standard InChI is InChI=1S/C21H32ClN5O/c1-3-25-8-7-18(16-25)15-24-21(23-2)27-11-9-26(10-12-27)20(28)14-17-5-4-6-19(22)13-17/h4-6,13,18H,3,7-12,14-16H2,1-2H3,(H,23,24). The number of hydrogen-bond acceptors (Lipinski definition) is 3. The number of piperazine rings is 1. The molecular weight excluding hydrogens is 374 g/mol. The molecule has 1 aromatic rings. The van der Waals surface area contributed by atoms with Gasteiger partial charge in [-0.05, 0) is 43.1 Å². The molecule has 2 saturated heterocycles. The molecule has 0 bridgehead atoms. The van der Waals surface area contributed by atoms with Crippen molar-refractivity contribution in [1.29, 1.82) is 0 Å². The van der Waals surface area contributed by atoms with E-state index in [0.29, 0.717) is 17.4 Å². The van der Waals surface area contributed by atoms with Crippen molar-refractivity contribution in [2.24, 2.45) is 10.9 Å². The molecule has 2 aliphatic rings. The molecule has 0 radical (unpaired) electrons. The molecule has 6 nitrogen and oxygen atoms in total. The van der Waals surface area contributed by atoms with Crippen molar-refractivity contribution in [2.75, 3.05) is 59.4 Å². The number of aliphatic imine (C=N–C) groups is 1. The summed E-state index contributed by atoms with van der Waals surface area (Å²) in [5.74, 6) is 1.81. The molecule has 2 aliphatic heterocycles. The number of amides is 1. The van der Waals surface area contributed by atoms with Crippen LogP contribution in [0, 0.1) is 5.92 Å². The van der Waals surface area contributed by atoms with E-state index >= 15 is 0 Å². The molecule has 0 spiro atoms. The second-order valence-electron chi connectivity index (χ2n) is 7.65. The van der Waals surface area contributed by atoms with Crippen LogP contribution in [0.4, 0.5) is 0 Å². The maximum absolute atomic E-state index is 12.6. The summed E-state index contributed by atoms with van der Waals surface area (Å²) < 4.78 is 0. The fourth-order valence-corrected chi connectivity index (χ4v) is 4.25. The van der Waals surface area contributed by atoms with E-state index in [0.717, 1.165) is 50.8 Å². The van der Waals surface area contributed by atoms with Gasteiger partial charge < -0.3 is 20.0 Å². The van der Waals surface area contributed by atoms with Crippen molar-refractivity contribution in [2.45, 2.75) is 19.8 Å². The summed E-state index contributed by atoms with van der Waals surface area (Å²) in [6.07, 6.45) is 1.66. The normalized spacial score (nSPS) is 21.2. The number of benzene rings is 1. The number of nitrogens with one attached hydrogen (secondary N) is 1. The van der Waals surface area contributed by atoms with Crippen molar-refractivity contribution in [3.05, 3.63) is 34.9 Å². The minimum absolute atomic E-state index is 0.162.